The molecule has 3 aromatic rings. The Labute approximate surface area is 123 Å². The minimum Gasteiger partial charge on any atom is -0.347 e. The number of carbonyl (C=O) groups is 1. The second-order valence-electron chi connectivity index (χ2n) is 5.04. The van der Waals surface area contributed by atoms with Crippen LogP contribution in [0, 0.1) is 6.92 Å². The van der Waals surface area contributed by atoms with Crippen molar-refractivity contribution >= 4 is 22.6 Å². The van der Waals surface area contributed by atoms with Gasteiger partial charge >= 0.3 is 0 Å². The van der Waals surface area contributed by atoms with Crippen LogP contribution in [0.15, 0.2) is 54.9 Å². The molecule has 4 heteroatoms. The summed E-state index contributed by atoms with van der Waals surface area (Å²) in [4.78, 5) is 16.2. The van der Waals surface area contributed by atoms with Gasteiger partial charge in [0, 0.05) is 30.9 Å². The zero-order valence-corrected chi connectivity index (χ0v) is 11.9. The summed E-state index contributed by atoms with van der Waals surface area (Å²) < 4.78 is 2.10. The summed E-state index contributed by atoms with van der Waals surface area (Å²) in [6, 6.07) is 14.0. The Morgan fingerprint density at radius 2 is 2.05 bits per heavy atom. The van der Waals surface area contributed by atoms with Gasteiger partial charge in [-0.1, -0.05) is 24.3 Å². The van der Waals surface area contributed by atoms with Crippen LogP contribution in [0.2, 0.25) is 0 Å². The third kappa shape index (κ3) is 2.94. The first-order valence-corrected chi connectivity index (χ1v) is 6.99. The van der Waals surface area contributed by atoms with Gasteiger partial charge in [-0.05, 0) is 36.1 Å². The minimum atomic E-state index is -0.0189. The number of aromatic nitrogens is 2. The fourth-order valence-corrected chi connectivity index (χ4v) is 2.37. The molecule has 0 aliphatic rings. The number of carbonyl (C=O) groups excluding carboxylic acids is 1. The molecular formula is C17H17N3O. The van der Waals surface area contributed by atoms with E-state index in [-0.39, 0.29) is 5.91 Å². The zero-order chi connectivity index (χ0) is 14.7. The van der Waals surface area contributed by atoms with Crippen molar-refractivity contribution < 1.29 is 4.79 Å². The Balaban J connectivity index is 1.65. The largest absolute Gasteiger partial charge is 0.347 e. The van der Waals surface area contributed by atoms with Crippen molar-refractivity contribution in [2.75, 3.05) is 5.32 Å². The van der Waals surface area contributed by atoms with Crippen molar-refractivity contribution in [3.05, 3.63) is 60.4 Å². The molecular weight excluding hydrogens is 262 g/mol. The van der Waals surface area contributed by atoms with Crippen LogP contribution in [0.25, 0.3) is 10.9 Å². The number of anilines is 1. The highest BCUT2D eigenvalue weighted by Crippen LogP contribution is 2.16. The number of rotatable bonds is 4. The Hall–Kier alpha value is -2.62. The molecule has 0 aliphatic heterocycles. The highest BCUT2D eigenvalue weighted by Gasteiger charge is 2.07. The van der Waals surface area contributed by atoms with Crippen molar-refractivity contribution in [2.24, 2.45) is 0 Å². The average molecular weight is 279 g/mol. The van der Waals surface area contributed by atoms with E-state index in [4.69, 9.17) is 0 Å². The summed E-state index contributed by atoms with van der Waals surface area (Å²) in [6.07, 6.45) is 4.13. The zero-order valence-electron chi connectivity index (χ0n) is 11.9. The molecule has 0 spiro atoms. The monoisotopic (exact) mass is 279 g/mol. The molecule has 3 rings (SSSR count). The maximum atomic E-state index is 12.0. The summed E-state index contributed by atoms with van der Waals surface area (Å²) in [6.45, 7) is 2.59. The van der Waals surface area contributed by atoms with Crippen LogP contribution in [0.3, 0.4) is 0 Å². The topological polar surface area (TPSA) is 46.9 Å². The van der Waals surface area contributed by atoms with E-state index in [1.165, 1.54) is 5.39 Å². The Bertz CT molecular complexity index is 776. The van der Waals surface area contributed by atoms with Crippen molar-refractivity contribution in [1.82, 2.24) is 9.55 Å². The normalized spacial score (nSPS) is 10.7. The van der Waals surface area contributed by atoms with Crippen LogP contribution in [-0.4, -0.2) is 15.5 Å². The first-order chi connectivity index (χ1) is 10.2. The van der Waals surface area contributed by atoms with Gasteiger partial charge in [-0.15, -0.1) is 0 Å². The van der Waals surface area contributed by atoms with E-state index in [1.807, 2.05) is 37.4 Å². The quantitative estimate of drug-likeness (QED) is 0.796. The summed E-state index contributed by atoms with van der Waals surface area (Å²) in [5, 5.41) is 4.05. The Morgan fingerprint density at radius 3 is 2.90 bits per heavy atom. The number of nitrogens with one attached hydrogen (secondary N) is 1. The smallest absolute Gasteiger partial charge is 0.227 e. The molecule has 1 N–H and O–H groups in total. The van der Waals surface area contributed by atoms with Crippen LogP contribution >= 0.6 is 0 Å². The van der Waals surface area contributed by atoms with E-state index in [2.05, 4.69) is 33.1 Å². The first kappa shape index (κ1) is 13.4. The molecule has 0 unspecified atom stereocenters. The van der Waals surface area contributed by atoms with Crippen molar-refractivity contribution in [2.45, 2.75) is 19.9 Å². The lowest BCUT2D eigenvalue weighted by Gasteiger charge is -2.08. The van der Waals surface area contributed by atoms with E-state index in [0.29, 0.717) is 18.8 Å². The van der Waals surface area contributed by atoms with E-state index in [0.717, 1.165) is 11.1 Å². The van der Waals surface area contributed by atoms with Gasteiger partial charge in [0.2, 0.25) is 5.91 Å². The third-order valence-electron chi connectivity index (χ3n) is 3.53. The summed E-state index contributed by atoms with van der Waals surface area (Å²) in [5.41, 5.74) is 2.12. The van der Waals surface area contributed by atoms with Crippen molar-refractivity contribution in [3.8, 4) is 0 Å². The number of hydrogen-bond donors (Lipinski definition) is 1. The predicted molar refractivity (Wildman–Crippen MR) is 84.2 cm³/mol. The summed E-state index contributed by atoms with van der Waals surface area (Å²) >= 11 is 0. The molecule has 2 heterocycles. The van der Waals surface area contributed by atoms with Gasteiger partial charge in [0.15, 0.2) is 0 Å². The number of para-hydroxylation sites is 1. The van der Waals surface area contributed by atoms with Crippen LogP contribution in [0.1, 0.15) is 12.0 Å². The van der Waals surface area contributed by atoms with Crippen LogP contribution < -0.4 is 5.32 Å². The van der Waals surface area contributed by atoms with Gasteiger partial charge in [0.05, 0.1) is 0 Å². The fraction of sp³-hybridized carbons (Fsp3) is 0.176. The second-order valence-corrected chi connectivity index (χ2v) is 5.04. The number of aryl methyl sites for hydroxylation is 2. The van der Waals surface area contributed by atoms with Gasteiger partial charge in [-0.3, -0.25) is 4.79 Å². The fourth-order valence-electron chi connectivity index (χ4n) is 2.37. The second kappa shape index (κ2) is 5.79. The number of hydrogen-bond acceptors (Lipinski definition) is 2. The number of fused-ring (bicyclic) bond motifs is 1. The van der Waals surface area contributed by atoms with Crippen molar-refractivity contribution in [3.63, 3.8) is 0 Å². The van der Waals surface area contributed by atoms with Crippen LogP contribution in [0.5, 0.6) is 0 Å². The summed E-state index contributed by atoms with van der Waals surface area (Å²) in [5.74, 6) is 0.620. The minimum absolute atomic E-state index is 0.0189. The number of pyridine rings is 1. The van der Waals surface area contributed by atoms with Gasteiger partial charge in [-0.25, -0.2) is 4.98 Å². The lowest BCUT2D eigenvalue weighted by atomic mass is 10.2. The number of amides is 1. The molecule has 0 saturated heterocycles. The van der Waals surface area contributed by atoms with Crippen molar-refractivity contribution in [1.29, 1.82) is 0 Å². The molecule has 0 aliphatic carbocycles. The molecule has 21 heavy (non-hydrogen) atoms. The molecule has 0 atom stereocenters. The van der Waals surface area contributed by atoms with E-state index in [9.17, 15) is 4.79 Å². The molecule has 1 aromatic carbocycles. The van der Waals surface area contributed by atoms with E-state index >= 15 is 0 Å². The van der Waals surface area contributed by atoms with Crippen LogP contribution in [-0.2, 0) is 11.3 Å². The molecule has 0 saturated carbocycles. The molecule has 106 valence electrons. The third-order valence-corrected chi connectivity index (χ3v) is 3.53. The summed E-state index contributed by atoms with van der Waals surface area (Å²) in [7, 11) is 0. The van der Waals surface area contributed by atoms with Gasteiger partial charge in [-0.2, -0.15) is 0 Å². The maximum absolute atomic E-state index is 12.0. The Morgan fingerprint density at radius 1 is 1.19 bits per heavy atom. The SMILES string of the molecule is Cc1cccnc1NC(=O)CCn1ccc2ccccc21. The highest BCUT2D eigenvalue weighted by atomic mass is 16.1. The van der Waals surface area contributed by atoms with E-state index in [1.54, 1.807) is 6.20 Å². The molecule has 4 nitrogen and oxygen atoms in total. The average Bonchev–Trinajstić information content (AvgIpc) is 2.91. The standard InChI is InChI=1S/C17H17N3O/c1-13-5-4-10-18-17(13)19-16(21)9-12-20-11-8-14-6-2-3-7-15(14)20/h2-8,10-11H,9,12H2,1H3,(H,18,19,21). The molecule has 1 amide bonds. The highest BCUT2D eigenvalue weighted by molar-refractivity contribution is 5.90. The Kier molecular flexibility index (Phi) is 3.69. The van der Waals surface area contributed by atoms with Crippen LogP contribution in [0.4, 0.5) is 5.82 Å². The molecule has 0 fully saturated rings. The lowest BCUT2D eigenvalue weighted by Crippen LogP contribution is -2.15. The first-order valence-electron chi connectivity index (χ1n) is 6.99. The number of benzene rings is 1. The van der Waals surface area contributed by atoms with E-state index < -0.39 is 0 Å². The molecule has 0 bridgehead atoms. The number of nitrogens with zero attached hydrogens (tertiary/aromatic N) is 2. The molecule has 2 aromatic heterocycles. The van der Waals surface area contributed by atoms with Gasteiger partial charge in [0.25, 0.3) is 0 Å². The lowest BCUT2D eigenvalue weighted by molar-refractivity contribution is -0.116. The predicted octanol–water partition coefficient (Wildman–Crippen LogP) is 3.37. The maximum Gasteiger partial charge on any atom is 0.227 e. The molecule has 0 radical (unpaired) electrons. The van der Waals surface area contributed by atoms with Gasteiger partial charge in [0.1, 0.15) is 5.82 Å². The van der Waals surface area contributed by atoms with Gasteiger partial charge < -0.3 is 9.88 Å².